The van der Waals surface area contributed by atoms with E-state index in [-0.39, 0.29) is 12.1 Å². The Bertz CT molecular complexity index is 594. The second-order valence-electron chi connectivity index (χ2n) is 5.04. The molecule has 0 fully saturated rings. The molecule has 0 saturated heterocycles. The lowest BCUT2D eigenvalue weighted by Gasteiger charge is -2.36. The Hall–Kier alpha value is -2.20. The fourth-order valence-electron chi connectivity index (χ4n) is 2.40. The highest BCUT2D eigenvalue weighted by molar-refractivity contribution is 5.98. The van der Waals surface area contributed by atoms with Gasteiger partial charge < -0.3 is 5.43 Å². The van der Waals surface area contributed by atoms with E-state index >= 15 is 0 Å². The zero-order valence-electron chi connectivity index (χ0n) is 11.7. The van der Waals surface area contributed by atoms with Crippen LogP contribution in [0.3, 0.4) is 0 Å². The summed E-state index contributed by atoms with van der Waals surface area (Å²) in [6, 6.07) is 14.8. The molecule has 20 heavy (non-hydrogen) atoms. The van der Waals surface area contributed by atoms with Gasteiger partial charge in [0.15, 0.2) is 0 Å². The third-order valence-corrected chi connectivity index (χ3v) is 3.69. The molecule has 1 aliphatic rings. The summed E-state index contributed by atoms with van der Waals surface area (Å²) >= 11 is 0. The third-order valence-electron chi connectivity index (χ3n) is 3.69. The van der Waals surface area contributed by atoms with Crippen LogP contribution in [0.1, 0.15) is 24.1 Å². The van der Waals surface area contributed by atoms with E-state index in [0.717, 1.165) is 11.4 Å². The van der Waals surface area contributed by atoms with Crippen LogP contribution >= 0.6 is 0 Å². The number of hydrazine groups is 1. The summed E-state index contributed by atoms with van der Waals surface area (Å²) in [6.07, 6.45) is 3.60. The first-order valence-electron chi connectivity index (χ1n) is 6.78. The minimum Gasteiger partial charge on any atom is -0.303 e. The summed E-state index contributed by atoms with van der Waals surface area (Å²) in [4.78, 5) is 9.04. The Morgan fingerprint density at radius 1 is 1.10 bits per heavy atom. The van der Waals surface area contributed by atoms with Crippen molar-refractivity contribution in [2.24, 2.45) is 4.99 Å². The molecule has 2 aromatic rings. The minimum absolute atomic E-state index is 0.123. The van der Waals surface area contributed by atoms with Crippen molar-refractivity contribution in [1.29, 1.82) is 0 Å². The van der Waals surface area contributed by atoms with Crippen molar-refractivity contribution in [3.63, 3.8) is 0 Å². The molecular formula is C16H18N4. The van der Waals surface area contributed by atoms with Crippen molar-refractivity contribution in [3.8, 4) is 0 Å². The first kappa shape index (κ1) is 12.8. The molecule has 0 bridgehead atoms. The number of likely N-dealkylation sites (N-methyl/N-ethyl adjacent to an activating group) is 1. The van der Waals surface area contributed by atoms with Crippen LogP contribution in [0.4, 0.5) is 0 Å². The number of hydrogen-bond acceptors (Lipinski definition) is 4. The largest absolute Gasteiger partial charge is 0.303 e. The van der Waals surface area contributed by atoms with Gasteiger partial charge in [0.1, 0.15) is 5.84 Å². The number of pyridine rings is 1. The lowest BCUT2D eigenvalue weighted by molar-refractivity contribution is 0.178. The predicted molar refractivity (Wildman–Crippen MR) is 80.3 cm³/mol. The number of aliphatic imine (C=N–C) groups is 1. The van der Waals surface area contributed by atoms with Gasteiger partial charge in [0, 0.05) is 25.0 Å². The van der Waals surface area contributed by atoms with E-state index in [4.69, 9.17) is 4.99 Å². The van der Waals surface area contributed by atoms with E-state index in [0.29, 0.717) is 0 Å². The van der Waals surface area contributed by atoms with Crippen LogP contribution in [0.15, 0.2) is 59.9 Å². The fraction of sp³-hybridized carbons (Fsp3) is 0.250. The highest BCUT2D eigenvalue weighted by Crippen LogP contribution is 2.27. The lowest BCUT2D eigenvalue weighted by atomic mass is 9.99. The van der Waals surface area contributed by atoms with Gasteiger partial charge in [-0.1, -0.05) is 30.3 Å². The first-order chi connectivity index (χ1) is 9.75. The Morgan fingerprint density at radius 3 is 2.60 bits per heavy atom. The monoisotopic (exact) mass is 266 g/mol. The van der Waals surface area contributed by atoms with Crippen molar-refractivity contribution in [3.05, 3.63) is 66.0 Å². The molecule has 2 atom stereocenters. The van der Waals surface area contributed by atoms with E-state index in [1.54, 1.807) is 6.20 Å². The molecule has 0 saturated carbocycles. The lowest BCUT2D eigenvalue weighted by Crippen LogP contribution is -2.51. The van der Waals surface area contributed by atoms with Gasteiger partial charge in [-0.3, -0.25) is 9.98 Å². The van der Waals surface area contributed by atoms with Crippen molar-refractivity contribution >= 4 is 5.84 Å². The average molecular weight is 266 g/mol. The van der Waals surface area contributed by atoms with E-state index < -0.39 is 0 Å². The topological polar surface area (TPSA) is 40.5 Å². The number of aromatic nitrogens is 1. The van der Waals surface area contributed by atoms with Crippen LogP contribution in [0.25, 0.3) is 0 Å². The Labute approximate surface area is 119 Å². The standard InChI is InChI=1S/C16H18N4/c1-12-15(13-7-4-3-5-8-13)18-16(19-20(12)2)14-9-6-10-17-11-14/h3-12,15H,1-2H3,(H,18,19). The number of nitrogens with zero attached hydrogens (tertiary/aromatic N) is 3. The van der Waals surface area contributed by atoms with Crippen LogP contribution in [0, 0.1) is 0 Å². The van der Waals surface area contributed by atoms with Crippen LogP contribution in [0.5, 0.6) is 0 Å². The molecule has 3 rings (SSSR count). The maximum atomic E-state index is 4.88. The van der Waals surface area contributed by atoms with Crippen LogP contribution in [0.2, 0.25) is 0 Å². The quantitative estimate of drug-likeness (QED) is 0.907. The van der Waals surface area contributed by atoms with E-state index in [1.807, 2.05) is 31.4 Å². The zero-order chi connectivity index (χ0) is 13.9. The molecular weight excluding hydrogens is 248 g/mol. The summed E-state index contributed by atoms with van der Waals surface area (Å²) in [7, 11) is 2.05. The van der Waals surface area contributed by atoms with Gasteiger partial charge in [-0.25, -0.2) is 5.01 Å². The molecule has 2 heterocycles. The van der Waals surface area contributed by atoms with E-state index in [1.165, 1.54) is 5.56 Å². The molecule has 1 aliphatic heterocycles. The summed E-state index contributed by atoms with van der Waals surface area (Å²) in [5, 5.41) is 2.10. The smallest absolute Gasteiger partial charge is 0.145 e. The molecule has 0 radical (unpaired) electrons. The summed E-state index contributed by atoms with van der Waals surface area (Å²) in [5.41, 5.74) is 5.56. The fourth-order valence-corrected chi connectivity index (χ4v) is 2.40. The Balaban J connectivity index is 2.00. The molecule has 4 nitrogen and oxygen atoms in total. The van der Waals surface area contributed by atoms with Crippen LogP contribution < -0.4 is 5.43 Å². The number of nitrogens with one attached hydrogen (secondary N) is 1. The minimum atomic E-state index is 0.123. The normalized spacial score (nSPS) is 23.0. The molecule has 0 spiro atoms. The highest BCUT2D eigenvalue weighted by Gasteiger charge is 2.28. The summed E-state index contributed by atoms with van der Waals surface area (Å²) in [6.45, 7) is 2.17. The van der Waals surface area contributed by atoms with Gasteiger partial charge in [0.2, 0.25) is 0 Å². The third kappa shape index (κ3) is 2.42. The number of benzene rings is 1. The Morgan fingerprint density at radius 2 is 1.90 bits per heavy atom. The molecule has 4 heteroatoms. The van der Waals surface area contributed by atoms with Gasteiger partial charge in [-0.15, -0.1) is 0 Å². The van der Waals surface area contributed by atoms with Gasteiger partial charge in [-0.2, -0.15) is 0 Å². The highest BCUT2D eigenvalue weighted by atomic mass is 15.5. The van der Waals surface area contributed by atoms with Crippen LogP contribution in [-0.4, -0.2) is 28.9 Å². The second kappa shape index (κ2) is 5.43. The van der Waals surface area contributed by atoms with Crippen molar-refractivity contribution in [2.45, 2.75) is 19.0 Å². The molecule has 102 valence electrons. The average Bonchev–Trinajstić information content (AvgIpc) is 2.51. The van der Waals surface area contributed by atoms with Gasteiger partial charge in [0.25, 0.3) is 0 Å². The molecule has 1 aromatic heterocycles. The van der Waals surface area contributed by atoms with Gasteiger partial charge >= 0.3 is 0 Å². The van der Waals surface area contributed by atoms with Crippen molar-refractivity contribution in [2.75, 3.05) is 7.05 Å². The predicted octanol–water partition coefficient (Wildman–Crippen LogP) is 2.41. The molecule has 0 aliphatic carbocycles. The number of rotatable bonds is 2. The first-order valence-corrected chi connectivity index (χ1v) is 6.78. The number of amidine groups is 1. The molecule has 0 amide bonds. The zero-order valence-corrected chi connectivity index (χ0v) is 11.7. The summed E-state index contributed by atoms with van der Waals surface area (Å²) < 4.78 is 0. The van der Waals surface area contributed by atoms with Gasteiger partial charge in [-0.05, 0) is 24.6 Å². The maximum Gasteiger partial charge on any atom is 0.145 e. The van der Waals surface area contributed by atoms with Crippen molar-refractivity contribution < 1.29 is 0 Å². The van der Waals surface area contributed by atoms with Crippen molar-refractivity contribution in [1.82, 2.24) is 15.4 Å². The molecule has 2 unspecified atom stereocenters. The second-order valence-corrected chi connectivity index (χ2v) is 5.04. The number of hydrogen-bond donors (Lipinski definition) is 1. The van der Waals surface area contributed by atoms with Crippen LogP contribution in [-0.2, 0) is 0 Å². The molecule has 1 aromatic carbocycles. The van der Waals surface area contributed by atoms with E-state index in [2.05, 4.69) is 46.6 Å². The van der Waals surface area contributed by atoms with Gasteiger partial charge in [0.05, 0.1) is 12.1 Å². The maximum absolute atomic E-state index is 4.88. The summed E-state index contributed by atoms with van der Waals surface area (Å²) in [5.74, 6) is 0.868. The van der Waals surface area contributed by atoms with E-state index in [9.17, 15) is 0 Å². The molecule has 1 N–H and O–H groups in total. The Kier molecular flexibility index (Phi) is 3.48. The SMILES string of the molecule is CC1C(c2ccccc2)N=C(c2cccnc2)NN1C.